The number of imidazole rings is 1. The van der Waals surface area contributed by atoms with Gasteiger partial charge in [-0.25, -0.2) is 4.79 Å². The number of hydrogen-bond donors (Lipinski definition) is 2. The maximum absolute atomic E-state index is 11.8. The summed E-state index contributed by atoms with van der Waals surface area (Å²) < 4.78 is 3.04. The van der Waals surface area contributed by atoms with Gasteiger partial charge in [-0.1, -0.05) is 6.92 Å². The number of H-pyrrole nitrogens is 1. The van der Waals surface area contributed by atoms with Crippen molar-refractivity contribution in [3.05, 3.63) is 20.8 Å². The molecule has 7 nitrogen and oxygen atoms in total. The zero-order valence-corrected chi connectivity index (χ0v) is 9.86. The first kappa shape index (κ1) is 11.4. The van der Waals surface area contributed by atoms with Gasteiger partial charge in [-0.3, -0.25) is 14.3 Å². The Morgan fingerprint density at radius 3 is 2.59 bits per heavy atom. The Hall–Kier alpha value is -2.05. The van der Waals surface area contributed by atoms with Crippen LogP contribution in [0.3, 0.4) is 0 Å². The number of nitrogen functional groups attached to an aromatic ring is 1. The minimum Gasteiger partial charge on any atom is -0.369 e. The van der Waals surface area contributed by atoms with Crippen LogP contribution in [0.1, 0.15) is 20.3 Å². The van der Waals surface area contributed by atoms with Crippen LogP contribution in [0.5, 0.6) is 0 Å². The van der Waals surface area contributed by atoms with Crippen LogP contribution >= 0.6 is 0 Å². The molecule has 2 rings (SSSR count). The number of nitrogens with zero attached hydrogens (tertiary/aromatic N) is 3. The molecule has 0 saturated heterocycles. The largest absolute Gasteiger partial charge is 0.369 e. The predicted molar refractivity (Wildman–Crippen MR) is 65.0 cm³/mol. The molecule has 0 radical (unpaired) electrons. The van der Waals surface area contributed by atoms with E-state index in [9.17, 15) is 9.59 Å². The van der Waals surface area contributed by atoms with Gasteiger partial charge in [0.05, 0.1) is 0 Å². The van der Waals surface area contributed by atoms with E-state index in [0.29, 0.717) is 24.3 Å². The second-order valence-electron chi connectivity index (χ2n) is 3.80. The molecule has 0 bridgehead atoms. The summed E-state index contributed by atoms with van der Waals surface area (Å²) in [6, 6.07) is 0. The number of nitrogens with two attached hydrogens (primary N) is 1. The molecule has 0 aliphatic rings. The fourth-order valence-corrected chi connectivity index (χ4v) is 1.94. The molecule has 17 heavy (non-hydrogen) atoms. The van der Waals surface area contributed by atoms with Gasteiger partial charge in [-0.05, 0) is 13.3 Å². The third-order valence-electron chi connectivity index (χ3n) is 2.68. The molecule has 0 fully saturated rings. The number of fused-ring (bicyclic) bond motifs is 1. The average molecular weight is 237 g/mol. The van der Waals surface area contributed by atoms with E-state index in [2.05, 4.69) is 9.97 Å². The number of aryl methyl sites for hydroxylation is 2. The van der Waals surface area contributed by atoms with E-state index in [-0.39, 0.29) is 5.95 Å². The van der Waals surface area contributed by atoms with Gasteiger partial charge < -0.3 is 10.3 Å². The van der Waals surface area contributed by atoms with Gasteiger partial charge in [0.1, 0.15) is 0 Å². The lowest BCUT2D eigenvalue weighted by molar-refractivity contribution is 0.651. The maximum atomic E-state index is 11.8. The first-order chi connectivity index (χ1) is 8.10. The SMILES string of the molecule is CCCn1c(=O)[nH]c(=O)c2c1nc(N)n2CC. The molecule has 0 saturated carbocycles. The van der Waals surface area contributed by atoms with Crippen molar-refractivity contribution in [3.8, 4) is 0 Å². The maximum Gasteiger partial charge on any atom is 0.330 e. The summed E-state index contributed by atoms with van der Waals surface area (Å²) in [5.74, 6) is 0.253. The van der Waals surface area contributed by atoms with Crippen molar-refractivity contribution in [1.29, 1.82) is 0 Å². The van der Waals surface area contributed by atoms with Gasteiger partial charge in [-0.15, -0.1) is 0 Å². The van der Waals surface area contributed by atoms with E-state index >= 15 is 0 Å². The number of rotatable bonds is 3. The van der Waals surface area contributed by atoms with E-state index in [1.165, 1.54) is 4.57 Å². The molecule has 0 spiro atoms. The molecule has 2 aromatic heterocycles. The molecule has 2 aromatic rings. The van der Waals surface area contributed by atoms with Crippen LogP contribution in [-0.4, -0.2) is 19.1 Å². The highest BCUT2D eigenvalue weighted by molar-refractivity contribution is 5.73. The Morgan fingerprint density at radius 2 is 2.00 bits per heavy atom. The lowest BCUT2D eigenvalue weighted by Gasteiger charge is -2.04. The molecule has 3 N–H and O–H groups in total. The van der Waals surface area contributed by atoms with Crippen molar-refractivity contribution in [3.63, 3.8) is 0 Å². The van der Waals surface area contributed by atoms with Crippen molar-refractivity contribution in [2.75, 3.05) is 5.73 Å². The second-order valence-corrected chi connectivity index (χ2v) is 3.80. The van der Waals surface area contributed by atoms with Crippen LogP contribution in [-0.2, 0) is 13.1 Å². The topological polar surface area (TPSA) is 98.7 Å². The van der Waals surface area contributed by atoms with Crippen molar-refractivity contribution < 1.29 is 0 Å². The molecular formula is C10H15N5O2. The van der Waals surface area contributed by atoms with Crippen LogP contribution in [0, 0.1) is 0 Å². The van der Waals surface area contributed by atoms with Crippen molar-refractivity contribution in [2.45, 2.75) is 33.4 Å². The lowest BCUT2D eigenvalue weighted by Crippen LogP contribution is -2.31. The Balaban J connectivity index is 2.93. The smallest absolute Gasteiger partial charge is 0.330 e. The van der Waals surface area contributed by atoms with Crippen LogP contribution in [0.2, 0.25) is 0 Å². The van der Waals surface area contributed by atoms with Crippen LogP contribution < -0.4 is 17.0 Å². The molecule has 0 atom stereocenters. The minimum absolute atomic E-state index is 0.253. The van der Waals surface area contributed by atoms with Crippen molar-refractivity contribution >= 4 is 17.1 Å². The minimum atomic E-state index is -0.441. The number of aromatic nitrogens is 4. The molecule has 7 heteroatoms. The third kappa shape index (κ3) is 1.63. The summed E-state index contributed by atoms with van der Waals surface area (Å²) in [5, 5.41) is 0. The summed E-state index contributed by atoms with van der Waals surface area (Å²) in [5.41, 5.74) is 5.57. The van der Waals surface area contributed by atoms with E-state index in [1.807, 2.05) is 13.8 Å². The first-order valence-electron chi connectivity index (χ1n) is 5.59. The summed E-state index contributed by atoms with van der Waals surface area (Å²) in [4.78, 5) is 29.8. The lowest BCUT2D eigenvalue weighted by atomic mass is 10.4. The van der Waals surface area contributed by atoms with Gasteiger partial charge in [-0.2, -0.15) is 4.98 Å². The van der Waals surface area contributed by atoms with Crippen LogP contribution in [0.15, 0.2) is 9.59 Å². The predicted octanol–water partition coefficient (Wildman–Crippen LogP) is -0.102. The monoisotopic (exact) mass is 237 g/mol. The average Bonchev–Trinajstić information content (AvgIpc) is 2.61. The molecule has 0 amide bonds. The molecule has 0 aromatic carbocycles. The number of nitrogens with one attached hydrogen (secondary N) is 1. The zero-order valence-electron chi connectivity index (χ0n) is 9.86. The fraction of sp³-hybridized carbons (Fsp3) is 0.500. The van der Waals surface area contributed by atoms with E-state index in [4.69, 9.17) is 5.73 Å². The third-order valence-corrected chi connectivity index (χ3v) is 2.68. The van der Waals surface area contributed by atoms with Gasteiger partial charge in [0.2, 0.25) is 5.95 Å². The Kier molecular flexibility index (Phi) is 2.74. The highest BCUT2D eigenvalue weighted by Gasteiger charge is 2.15. The molecule has 0 aliphatic heterocycles. The molecule has 0 aliphatic carbocycles. The number of aromatic amines is 1. The standard InChI is InChI=1S/C10H15N5O2/c1-3-5-15-7-6(8(16)13-10(15)17)14(4-2)9(11)12-7/h3-5H2,1-2H3,(H2,11,12)(H,13,16,17). The van der Waals surface area contributed by atoms with Crippen molar-refractivity contribution in [2.24, 2.45) is 0 Å². The van der Waals surface area contributed by atoms with Crippen molar-refractivity contribution in [1.82, 2.24) is 19.1 Å². The van der Waals surface area contributed by atoms with E-state index in [1.54, 1.807) is 4.57 Å². The van der Waals surface area contributed by atoms with Gasteiger partial charge >= 0.3 is 5.69 Å². The first-order valence-corrected chi connectivity index (χ1v) is 5.59. The quantitative estimate of drug-likeness (QED) is 0.778. The van der Waals surface area contributed by atoms with E-state index in [0.717, 1.165) is 6.42 Å². The zero-order chi connectivity index (χ0) is 12.6. The van der Waals surface area contributed by atoms with Gasteiger partial charge in [0.25, 0.3) is 5.56 Å². The highest BCUT2D eigenvalue weighted by Crippen LogP contribution is 2.12. The fourth-order valence-electron chi connectivity index (χ4n) is 1.94. The van der Waals surface area contributed by atoms with E-state index < -0.39 is 11.2 Å². The normalized spacial score (nSPS) is 11.2. The summed E-state index contributed by atoms with van der Waals surface area (Å²) >= 11 is 0. The summed E-state index contributed by atoms with van der Waals surface area (Å²) in [6.07, 6.45) is 0.778. The second kappa shape index (κ2) is 4.08. The number of anilines is 1. The summed E-state index contributed by atoms with van der Waals surface area (Å²) in [6.45, 7) is 4.86. The summed E-state index contributed by atoms with van der Waals surface area (Å²) in [7, 11) is 0. The van der Waals surface area contributed by atoms with Crippen LogP contribution in [0.25, 0.3) is 11.2 Å². The van der Waals surface area contributed by atoms with Crippen LogP contribution in [0.4, 0.5) is 5.95 Å². The molecule has 0 unspecified atom stereocenters. The molecule has 92 valence electrons. The Labute approximate surface area is 96.9 Å². The van der Waals surface area contributed by atoms with Gasteiger partial charge in [0.15, 0.2) is 11.2 Å². The number of hydrogen-bond acceptors (Lipinski definition) is 4. The highest BCUT2D eigenvalue weighted by atomic mass is 16.2. The molecule has 2 heterocycles. The molecular weight excluding hydrogens is 222 g/mol. The Morgan fingerprint density at radius 1 is 1.29 bits per heavy atom. The van der Waals surface area contributed by atoms with Gasteiger partial charge in [0, 0.05) is 13.1 Å². The Bertz CT molecular complexity index is 664.